The molecule has 0 N–H and O–H groups in total. The van der Waals surface area contributed by atoms with Gasteiger partial charge in [-0.2, -0.15) is 0 Å². The van der Waals surface area contributed by atoms with Crippen molar-refractivity contribution >= 4 is 34.5 Å². The number of alkyl halides is 1. The topological polar surface area (TPSA) is 52.6 Å². The average molecular weight is 358 g/mol. The first-order chi connectivity index (χ1) is 8.56. The maximum Gasteiger partial charge on any atom is 0.325 e. The molecule has 1 aliphatic heterocycles. The standard InChI is InChI=1S/C13H11IO4/c1-17-10(15)12-7-13(12,14)9(18-11(12)16)8-5-3-2-4-6-8/h2-6,9H,7H2,1H3/t9-,12+,13-/m0/s1. The number of hydrogen-bond donors (Lipinski definition) is 0. The SMILES string of the molecule is COC(=O)[C@@]12C[C@]1(I)[C@H](c1ccccc1)OC2=O. The number of rotatable bonds is 2. The van der Waals surface area contributed by atoms with Crippen molar-refractivity contribution in [3.63, 3.8) is 0 Å². The van der Waals surface area contributed by atoms with Crippen LogP contribution in [0.25, 0.3) is 0 Å². The summed E-state index contributed by atoms with van der Waals surface area (Å²) in [6.07, 6.45) is 0.122. The Balaban J connectivity index is 2.00. The third-order valence-electron chi connectivity index (χ3n) is 3.73. The van der Waals surface area contributed by atoms with Gasteiger partial charge < -0.3 is 9.47 Å². The Morgan fingerprint density at radius 2 is 2.11 bits per heavy atom. The summed E-state index contributed by atoms with van der Waals surface area (Å²) < 4.78 is 9.64. The first-order valence-electron chi connectivity index (χ1n) is 5.59. The monoisotopic (exact) mass is 358 g/mol. The fourth-order valence-corrected chi connectivity index (χ4v) is 4.16. The van der Waals surface area contributed by atoms with Crippen LogP contribution < -0.4 is 0 Å². The van der Waals surface area contributed by atoms with E-state index in [1.807, 2.05) is 30.3 Å². The van der Waals surface area contributed by atoms with E-state index in [0.717, 1.165) is 5.56 Å². The number of cyclic esters (lactones) is 1. The molecule has 0 radical (unpaired) electrons. The Labute approximate surface area is 118 Å². The highest BCUT2D eigenvalue weighted by Crippen LogP contribution is 2.74. The van der Waals surface area contributed by atoms with E-state index < -0.39 is 20.8 Å². The minimum Gasteiger partial charge on any atom is -0.468 e. The van der Waals surface area contributed by atoms with Crippen molar-refractivity contribution in [1.29, 1.82) is 0 Å². The zero-order chi connectivity index (χ0) is 13.0. The molecule has 2 aliphatic rings. The molecule has 18 heavy (non-hydrogen) atoms. The zero-order valence-corrected chi connectivity index (χ0v) is 11.8. The summed E-state index contributed by atoms with van der Waals surface area (Å²) in [7, 11) is 1.30. The molecule has 94 valence electrons. The van der Waals surface area contributed by atoms with E-state index >= 15 is 0 Å². The molecule has 0 spiro atoms. The van der Waals surface area contributed by atoms with Crippen molar-refractivity contribution in [1.82, 2.24) is 0 Å². The van der Waals surface area contributed by atoms with Crippen molar-refractivity contribution in [2.45, 2.75) is 15.9 Å². The second-order valence-electron chi connectivity index (χ2n) is 4.63. The van der Waals surface area contributed by atoms with Crippen molar-refractivity contribution in [3.8, 4) is 0 Å². The molecule has 1 aromatic carbocycles. The molecule has 0 aromatic heterocycles. The number of methoxy groups -OCH3 is 1. The molecule has 0 bridgehead atoms. The Morgan fingerprint density at radius 3 is 2.67 bits per heavy atom. The first-order valence-corrected chi connectivity index (χ1v) is 6.67. The number of esters is 2. The second-order valence-corrected chi connectivity index (χ2v) is 6.56. The number of carbonyl (C=O) groups excluding carboxylic acids is 2. The van der Waals surface area contributed by atoms with E-state index in [-0.39, 0.29) is 6.10 Å². The molecule has 0 amide bonds. The summed E-state index contributed by atoms with van der Waals surface area (Å²) in [5.41, 5.74) is -0.174. The molecule has 5 heteroatoms. The molecule has 3 rings (SSSR count). The smallest absolute Gasteiger partial charge is 0.325 e. The van der Waals surface area contributed by atoms with Gasteiger partial charge in [0.2, 0.25) is 0 Å². The lowest BCUT2D eigenvalue weighted by atomic mass is 10.0. The van der Waals surface area contributed by atoms with Crippen LogP contribution in [-0.4, -0.2) is 22.5 Å². The number of carbonyl (C=O) groups is 2. The lowest BCUT2D eigenvalue weighted by Gasteiger charge is -2.16. The maximum absolute atomic E-state index is 12.0. The van der Waals surface area contributed by atoms with Gasteiger partial charge in [-0.15, -0.1) is 0 Å². The molecule has 0 unspecified atom stereocenters. The third-order valence-corrected chi connectivity index (χ3v) is 5.60. The van der Waals surface area contributed by atoms with Gasteiger partial charge in [0.15, 0.2) is 5.41 Å². The van der Waals surface area contributed by atoms with Crippen molar-refractivity contribution in [2.24, 2.45) is 5.41 Å². The Kier molecular flexibility index (Phi) is 2.45. The Bertz CT molecular complexity index is 529. The highest BCUT2D eigenvalue weighted by molar-refractivity contribution is 14.1. The second kappa shape index (κ2) is 3.69. The van der Waals surface area contributed by atoms with Gasteiger partial charge in [0.05, 0.1) is 10.5 Å². The van der Waals surface area contributed by atoms with Gasteiger partial charge in [0.25, 0.3) is 0 Å². The fourth-order valence-electron chi connectivity index (χ4n) is 2.66. The molecule has 1 saturated carbocycles. The number of hydrogen-bond acceptors (Lipinski definition) is 4. The van der Waals surface area contributed by atoms with Crippen LogP contribution in [0.1, 0.15) is 18.1 Å². The lowest BCUT2D eigenvalue weighted by Crippen LogP contribution is -2.28. The molecular formula is C13H11IO4. The van der Waals surface area contributed by atoms with Crippen LogP contribution in [0, 0.1) is 5.41 Å². The summed E-state index contributed by atoms with van der Waals surface area (Å²) in [6, 6.07) is 9.50. The number of halogens is 1. The normalized spacial score (nSPS) is 36.8. The number of fused-ring (bicyclic) bond motifs is 1. The molecule has 1 saturated heterocycles. The van der Waals surface area contributed by atoms with Crippen LogP contribution in [0.2, 0.25) is 0 Å². The van der Waals surface area contributed by atoms with Crippen LogP contribution in [0.5, 0.6) is 0 Å². The van der Waals surface area contributed by atoms with Gasteiger partial charge in [0, 0.05) is 0 Å². The predicted molar refractivity (Wildman–Crippen MR) is 71.1 cm³/mol. The summed E-state index contributed by atoms with van der Waals surface area (Å²) in [4.78, 5) is 23.8. The van der Waals surface area contributed by atoms with Crippen LogP contribution in [-0.2, 0) is 19.1 Å². The van der Waals surface area contributed by atoms with Crippen LogP contribution in [0.4, 0.5) is 0 Å². The van der Waals surface area contributed by atoms with Gasteiger partial charge in [-0.25, -0.2) is 0 Å². The number of ether oxygens (including phenoxy) is 2. The number of benzene rings is 1. The quantitative estimate of drug-likeness (QED) is 0.351. The molecule has 4 nitrogen and oxygen atoms in total. The van der Waals surface area contributed by atoms with Crippen molar-refractivity contribution in [2.75, 3.05) is 7.11 Å². The predicted octanol–water partition coefficient (Wildman–Crippen LogP) is 2.02. The average Bonchev–Trinajstić information content (AvgIpc) is 2.98. The van der Waals surface area contributed by atoms with E-state index in [1.165, 1.54) is 7.11 Å². The highest BCUT2D eigenvalue weighted by Gasteiger charge is 2.85. The molecule has 1 aromatic rings. The highest BCUT2D eigenvalue weighted by atomic mass is 127. The fraction of sp³-hybridized carbons (Fsp3) is 0.385. The molecule has 2 fully saturated rings. The third kappa shape index (κ3) is 1.25. The summed E-state index contributed by atoms with van der Waals surface area (Å²) in [5, 5.41) is 0. The first kappa shape index (κ1) is 12.0. The van der Waals surface area contributed by atoms with Gasteiger partial charge in [0.1, 0.15) is 6.10 Å². The lowest BCUT2D eigenvalue weighted by molar-refractivity contribution is -0.159. The van der Waals surface area contributed by atoms with Crippen molar-refractivity contribution < 1.29 is 19.1 Å². The van der Waals surface area contributed by atoms with E-state index in [1.54, 1.807) is 0 Å². The Hall–Kier alpha value is -1.11. The Morgan fingerprint density at radius 1 is 1.44 bits per heavy atom. The minimum atomic E-state index is -1.09. The minimum absolute atomic E-state index is 0.370. The summed E-state index contributed by atoms with van der Waals surface area (Å²) in [5.74, 6) is -0.946. The van der Waals surface area contributed by atoms with Gasteiger partial charge in [-0.1, -0.05) is 52.9 Å². The summed E-state index contributed by atoms with van der Waals surface area (Å²) in [6.45, 7) is 0. The molecule has 1 aliphatic carbocycles. The van der Waals surface area contributed by atoms with Crippen LogP contribution >= 0.6 is 22.6 Å². The maximum atomic E-state index is 12.0. The van der Waals surface area contributed by atoms with Crippen LogP contribution in [0.15, 0.2) is 30.3 Å². The zero-order valence-electron chi connectivity index (χ0n) is 9.68. The molecule has 3 atom stereocenters. The van der Waals surface area contributed by atoms with Gasteiger partial charge in [-0.3, -0.25) is 9.59 Å². The van der Waals surface area contributed by atoms with E-state index in [0.29, 0.717) is 6.42 Å². The largest absolute Gasteiger partial charge is 0.468 e. The van der Waals surface area contributed by atoms with Crippen molar-refractivity contribution in [3.05, 3.63) is 35.9 Å². The van der Waals surface area contributed by atoms with E-state index in [4.69, 9.17) is 9.47 Å². The van der Waals surface area contributed by atoms with Gasteiger partial charge in [-0.05, 0) is 12.0 Å². The summed E-state index contributed by atoms with van der Waals surface area (Å²) >= 11 is 2.17. The van der Waals surface area contributed by atoms with Gasteiger partial charge >= 0.3 is 11.9 Å². The molecule has 1 heterocycles. The molecular weight excluding hydrogens is 347 g/mol. The van der Waals surface area contributed by atoms with Crippen LogP contribution in [0.3, 0.4) is 0 Å². The van der Waals surface area contributed by atoms with E-state index in [9.17, 15) is 9.59 Å². The van der Waals surface area contributed by atoms with E-state index in [2.05, 4.69) is 22.6 Å².